The van der Waals surface area contributed by atoms with E-state index in [-0.39, 0.29) is 11.2 Å². The van der Waals surface area contributed by atoms with Gasteiger partial charge in [0.25, 0.3) is 11.2 Å². The van der Waals surface area contributed by atoms with E-state index < -0.39 is 4.92 Å². The molecule has 2 heterocycles. The van der Waals surface area contributed by atoms with E-state index in [4.69, 9.17) is 0 Å². The summed E-state index contributed by atoms with van der Waals surface area (Å²) in [4.78, 5) is 28.5. The van der Waals surface area contributed by atoms with Gasteiger partial charge in [0.15, 0.2) is 0 Å². The highest BCUT2D eigenvalue weighted by Gasteiger charge is 2.14. The minimum absolute atomic E-state index is 0.0176. The summed E-state index contributed by atoms with van der Waals surface area (Å²) in [5.41, 5.74) is 2.38. The zero-order valence-corrected chi connectivity index (χ0v) is 16.2. The largest absolute Gasteiger partial charge is 0.294 e. The number of thiophene rings is 1. The third kappa shape index (κ3) is 3.41. The minimum atomic E-state index is -0.442. The molecule has 0 fully saturated rings. The maximum absolute atomic E-state index is 13.0. The number of hydrogen-bond donors (Lipinski definition) is 0. The van der Waals surface area contributed by atoms with Crippen LogP contribution >= 0.6 is 27.3 Å². The molecule has 0 N–H and O–H groups in total. The summed E-state index contributed by atoms with van der Waals surface area (Å²) >= 11 is 4.79. The fourth-order valence-electron chi connectivity index (χ4n) is 2.84. The molecule has 0 radical (unpaired) electrons. The van der Waals surface area contributed by atoms with Gasteiger partial charge in [0.1, 0.15) is 4.83 Å². The summed E-state index contributed by atoms with van der Waals surface area (Å²) in [7, 11) is 0. The van der Waals surface area contributed by atoms with E-state index in [0.29, 0.717) is 16.8 Å². The van der Waals surface area contributed by atoms with Crippen LogP contribution in [-0.2, 0) is 6.54 Å². The third-order valence-electron chi connectivity index (χ3n) is 4.22. The molecule has 0 unspecified atom stereocenters. The van der Waals surface area contributed by atoms with Crippen LogP contribution in [0.5, 0.6) is 0 Å². The highest BCUT2D eigenvalue weighted by molar-refractivity contribution is 9.10. The molecule has 27 heavy (non-hydrogen) atoms. The Morgan fingerprint density at radius 1 is 1.11 bits per heavy atom. The van der Waals surface area contributed by atoms with Crippen molar-refractivity contribution in [1.29, 1.82) is 0 Å². The number of nitro groups is 1. The second kappa shape index (κ2) is 7.05. The van der Waals surface area contributed by atoms with Gasteiger partial charge in [-0.25, -0.2) is 4.98 Å². The molecular weight excluding hydrogens is 430 g/mol. The lowest BCUT2D eigenvalue weighted by molar-refractivity contribution is -0.384. The third-order valence-corrected chi connectivity index (χ3v) is 5.63. The monoisotopic (exact) mass is 441 g/mol. The minimum Gasteiger partial charge on any atom is -0.294 e. The van der Waals surface area contributed by atoms with Crippen molar-refractivity contribution in [3.8, 4) is 11.1 Å². The van der Waals surface area contributed by atoms with Crippen LogP contribution in [0.2, 0.25) is 0 Å². The summed E-state index contributed by atoms with van der Waals surface area (Å²) in [6.07, 6.45) is 1.56. The Hall–Kier alpha value is -2.84. The van der Waals surface area contributed by atoms with E-state index in [0.717, 1.165) is 21.2 Å². The molecule has 0 aliphatic heterocycles. The summed E-state index contributed by atoms with van der Waals surface area (Å²) in [5.74, 6) is 0. The number of rotatable bonds is 4. The van der Waals surface area contributed by atoms with Crippen molar-refractivity contribution in [1.82, 2.24) is 9.55 Å². The van der Waals surface area contributed by atoms with Gasteiger partial charge >= 0.3 is 0 Å². The molecule has 0 saturated heterocycles. The lowest BCUT2D eigenvalue weighted by Crippen LogP contribution is -2.20. The smallest absolute Gasteiger partial charge is 0.269 e. The molecule has 0 bridgehead atoms. The molecule has 0 saturated carbocycles. The molecule has 0 spiro atoms. The molecule has 8 heteroatoms. The quantitative estimate of drug-likeness (QED) is 0.335. The Balaban J connectivity index is 1.78. The molecule has 6 nitrogen and oxygen atoms in total. The van der Waals surface area contributed by atoms with Gasteiger partial charge < -0.3 is 0 Å². The molecule has 4 aromatic rings. The Morgan fingerprint density at radius 2 is 1.81 bits per heavy atom. The molecule has 0 amide bonds. The SMILES string of the molecule is O=c1c2c(-c3ccc([N+](=O)[O-])cc3)csc2ncn1Cc1ccc(Br)cc1. The molecule has 4 rings (SSSR count). The average Bonchev–Trinajstić information content (AvgIpc) is 3.11. The molecular formula is C19H12BrN3O3S. The zero-order chi connectivity index (χ0) is 19.0. The van der Waals surface area contributed by atoms with Crippen molar-refractivity contribution >= 4 is 43.2 Å². The molecule has 0 aliphatic carbocycles. The molecule has 2 aromatic heterocycles. The predicted molar refractivity (Wildman–Crippen MR) is 109 cm³/mol. The Labute approximate surface area is 166 Å². The first-order valence-corrected chi connectivity index (χ1v) is 9.66. The van der Waals surface area contributed by atoms with Gasteiger partial charge in [0.05, 0.1) is 23.2 Å². The van der Waals surface area contributed by atoms with Crippen LogP contribution in [0.1, 0.15) is 5.56 Å². The highest BCUT2D eigenvalue weighted by atomic mass is 79.9. The second-order valence-electron chi connectivity index (χ2n) is 5.94. The van der Waals surface area contributed by atoms with Gasteiger partial charge in [0, 0.05) is 27.5 Å². The first-order valence-electron chi connectivity index (χ1n) is 7.99. The second-order valence-corrected chi connectivity index (χ2v) is 7.71. The Kier molecular flexibility index (Phi) is 4.59. The molecule has 2 aromatic carbocycles. The summed E-state index contributed by atoms with van der Waals surface area (Å²) < 4.78 is 2.55. The summed E-state index contributed by atoms with van der Waals surface area (Å²) in [6.45, 7) is 0.421. The first kappa shape index (κ1) is 17.6. The van der Waals surface area contributed by atoms with Crippen LogP contribution in [0.4, 0.5) is 5.69 Å². The van der Waals surface area contributed by atoms with Crippen LogP contribution < -0.4 is 5.56 Å². The van der Waals surface area contributed by atoms with Gasteiger partial charge in [-0.15, -0.1) is 11.3 Å². The van der Waals surface area contributed by atoms with Crippen LogP contribution in [0.25, 0.3) is 21.3 Å². The van der Waals surface area contributed by atoms with E-state index in [1.807, 2.05) is 29.6 Å². The number of nitrogens with zero attached hydrogens (tertiary/aromatic N) is 3. The van der Waals surface area contributed by atoms with Crippen LogP contribution in [0.3, 0.4) is 0 Å². The first-order chi connectivity index (χ1) is 13.0. The van der Waals surface area contributed by atoms with Gasteiger partial charge in [-0.2, -0.15) is 0 Å². The fraction of sp³-hybridized carbons (Fsp3) is 0.0526. The maximum Gasteiger partial charge on any atom is 0.269 e. The molecule has 134 valence electrons. The topological polar surface area (TPSA) is 78.0 Å². The normalized spacial score (nSPS) is 11.0. The highest BCUT2D eigenvalue weighted by Crippen LogP contribution is 2.31. The van der Waals surface area contributed by atoms with Crippen molar-refractivity contribution in [3.05, 3.63) is 90.7 Å². The van der Waals surface area contributed by atoms with E-state index in [1.165, 1.54) is 23.5 Å². The Morgan fingerprint density at radius 3 is 2.48 bits per heavy atom. The fourth-order valence-corrected chi connectivity index (χ4v) is 4.01. The van der Waals surface area contributed by atoms with E-state index in [9.17, 15) is 14.9 Å². The van der Waals surface area contributed by atoms with Crippen molar-refractivity contribution in [2.45, 2.75) is 6.54 Å². The molecule has 0 atom stereocenters. The van der Waals surface area contributed by atoms with Gasteiger partial charge in [-0.1, -0.05) is 28.1 Å². The van der Waals surface area contributed by atoms with Crippen LogP contribution in [0.15, 0.2) is 69.5 Å². The number of non-ortho nitro benzene ring substituents is 1. The number of benzene rings is 2. The number of nitro benzene ring substituents is 1. The lowest BCUT2D eigenvalue weighted by Gasteiger charge is -2.07. The van der Waals surface area contributed by atoms with E-state index >= 15 is 0 Å². The van der Waals surface area contributed by atoms with Gasteiger partial charge in [0.2, 0.25) is 0 Å². The van der Waals surface area contributed by atoms with Crippen molar-refractivity contribution in [2.24, 2.45) is 0 Å². The predicted octanol–water partition coefficient (Wildman–Crippen LogP) is 4.84. The lowest BCUT2D eigenvalue weighted by atomic mass is 10.1. The van der Waals surface area contributed by atoms with Crippen molar-refractivity contribution in [3.63, 3.8) is 0 Å². The molecule has 0 aliphatic rings. The number of aromatic nitrogens is 2. The van der Waals surface area contributed by atoms with Crippen molar-refractivity contribution < 1.29 is 4.92 Å². The Bertz CT molecular complexity index is 1200. The van der Waals surface area contributed by atoms with Gasteiger partial charge in [-0.05, 0) is 35.4 Å². The average molecular weight is 442 g/mol. The maximum atomic E-state index is 13.0. The van der Waals surface area contributed by atoms with E-state index in [1.54, 1.807) is 23.0 Å². The zero-order valence-electron chi connectivity index (χ0n) is 13.8. The number of fused-ring (bicyclic) bond motifs is 1. The standard InChI is InChI=1S/C19H12BrN3O3S/c20-14-5-1-12(2-6-14)9-22-11-21-18-17(19(22)24)16(10-27-18)13-3-7-15(8-4-13)23(25)26/h1-8,10-11H,9H2. The number of halogens is 1. The summed E-state index contributed by atoms with van der Waals surface area (Å²) in [6, 6.07) is 14.0. The number of hydrogen-bond acceptors (Lipinski definition) is 5. The van der Waals surface area contributed by atoms with E-state index in [2.05, 4.69) is 20.9 Å². The van der Waals surface area contributed by atoms with Crippen LogP contribution in [-0.4, -0.2) is 14.5 Å². The van der Waals surface area contributed by atoms with Crippen LogP contribution in [0, 0.1) is 10.1 Å². The van der Waals surface area contributed by atoms with Gasteiger partial charge in [-0.3, -0.25) is 19.5 Å². The summed E-state index contributed by atoms with van der Waals surface area (Å²) in [5, 5.41) is 13.2. The van der Waals surface area contributed by atoms with Crippen molar-refractivity contribution in [2.75, 3.05) is 0 Å².